The Morgan fingerprint density at radius 3 is 2.31 bits per heavy atom. The van der Waals surface area contributed by atoms with Crippen LogP contribution in [0.2, 0.25) is 0 Å². The molecule has 2 aliphatic heterocycles. The average Bonchev–Trinajstić information content (AvgIpc) is 2.78. The molecule has 7 nitrogen and oxygen atoms in total. The molecule has 0 aromatic rings. The summed E-state index contributed by atoms with van der Waals surface area (Å²) < 4.78 is 15.7. The maximum absolute atomic E-state index is 12.1. The van der Waals surface area contributed by atoms with Crippen molar-refractivity contribution in [2.24, 2.45) is 0 Å². The third-order valence-corrected chi connectivity index (χ3v) is 5.21. The van der Waals surface area contributed by atoms with E-state index in [1.165, 1.54) is 14.0 Å². The second-order valence-electron chi connectivity index (χ2n) is 6.89. The number of carbonyl (C=O) groups is 3. The van der Waals surface area contributed by atoms with Crippen LogP contribution in [0.15, 0.2) is 23.3 Å². The smallest absolute Gasteiger partial charge is 0.333 e. The first-order chi connectivity index (χ1) is 12.3. The van der Waals surface area contributed by atoms with Gasteiger partial charge in [0.2, 0.25) is 0 Å². The molecule has 2 fully saturated rings. The van der Waals surface area contributed by atoms with Crippen molar-refractivity contribution in [1.82, 2.24) is 4.90 Å². The molecule has 26 heavy (non-hydrogen) atoms. The fourth-order valence-electron chi connectivity index (χ4n) is 3.54. The summed E-state index contributed by atoms with van der Waals surface area (Å²) in [4.78, 5) is 37.6. The summed E-state index contributed by atoms with van der Waals surface area (Å²) in [5.41, 5.74) is 0.780. The molecule has 0 saturated carbocycles. The van der Waals surface area contributed by atoms with Gasteiger partial charge >= 0.3 is 17.9 Å². The number of methoxy groups -OCH3 is 1. The summed E-state index contributed by atoms with van der Waals surface area (Å²) in [5.74, 6) is -1.42. The predicted octanol–water partition coefficient (Wildman–Crippen LogP) is 1.76. The summed E-state index contributed by atoms with van der Waals surface area (Å²) in [6, 6.07) is 0.215. The van der Waals surface area contributed by atoms with Crippen LogP contribution in [0, 0.1) is 0 Å². The van der Waals surface area contributed by atoms with Crippen LogP contribution in [0.1, 0.15) is 40.0 Å². The molecule has 144 valence electrons. The minimum atomic E-state index is -0.559. The maximum Gasteiger partial charge on any atom is 0.333 e. The van der Waals surface area contributed by atoms with E-state index in [4.69, 9.17) is 9.47 Å². The van der Waals surface area contributed by atoms with E-state index in [0.717, 1.165) is 12.5 Å². The van der Waals surface area contributed by atoms with Gasteiger partial charge < -0.3 is 14.2 Å². The van der Waals surface area contributed by atoms with Crippen molar-refractivity contribution >= 4 is 17.9 Å². The van der Waals surface area contributed by atoms with E-state index < -0.39 is 11.9 Å². The van der Waals surface area contributed by atoms with E-state index in [-0.39, 0.29) is 35.8 Å². The quantitative estimate of drug-likeness (QED) is 0.417. The molecule has 0 amide bonds. The zero-order chi connectivity index (χ0) is 19.4. The standard InChI is InChI=1S/C19H27NO6/c1-6-11(2)19(23)26-16-9-13-8-14(10-15(16)20(13)4)25-17(21)7-12(3)18(22)24-5/h6-7,13-16H,8-10H2,1-5H3/b11-6-,12-7-/t13?,14-,15?,16-/m1/s1. The van der Waals surface area contributed by atoms with Gasteiger partial charge in [-0.3, -0.25) is 4.90 Å². The van der Waals surface area contributed by atoms with Crippen molar-refractivity contribution in [3.05, 3.63) is 23.3 Å². The second-order valence-corrected chi connectivity index (χ2v) is 6.89. The lowest BCUT2D eigenvalue weighted by molar-refractivity contribution is -0.150. The molecular weight excluding hydrogens is 338 g/mol. The molecule has 2 aliphatic rings. The van der Waals surface area contributed by atoms with Crippen LogP contribution in [-0.4, -0.2) is 61.3 Å². The molecule has 0 radical (unpaired) electrons. The topological polar surface area (TPSA) is 82.1 Å². The largest absolute Gasteiger partial charge is 0.466 e. The predicted molar refractivity (Wildman–Crippen MR) is 94.2 cm³/mol. The van der Waals surface area contributed by atoms with E-state index in [2.05, 4.69) is 9.64 Å². The Morgan fingerprint density at radius 2 is 1.69 bits per heavy atom. The monoisotopic (exact) mass is 365 g/mol. The first-order valence-electron chi connectivity index (χ1n) is 8.79. The van der Waals surface area contributed by atoms with Gasteiger partial charge in [-0.15, -0.1) is 0 Å². The number of nitrogens with zero attached hydrogens (tertiary/aromatic N) is 1. The van der Waals surface area contributed by atoms with Gasteiger partial charge in [-0.05, 0) is 27.8 Å². The number of piperidine rings is 1. The minimum Gasteiger partial charge on any atom is -0.466 e. The van der Waals surface area contributed by atoms with Gasteiger partial charge in [0.1, 0.15) is 12.2 Å². The van der Waals surface area contributed by atoms with Crippen molar-refractivity contribution in [1.29, 1.82) is 0 Å². The van der Waals surface area contributed by atoms with Crippen LogP contribution in [0.3, 0.4) is 0 Å². The van der Waals surface area contributed by atoms with Gasteiger partial charge in [-0.2, -0.15) is 0 Å². The van der Waals surface area contributed by atoms with Crippen LogP contribution in [0.5, 0.6) is 0 Å². The zero-order valence-corrected chi connectivity index (χ0v) is 16.0. The van der Waals surface area contributed by atoms with E-state index in [1.54, 1.807) is 19.9 Å². The Bertz CT molecular complexity index is 638. The molecule has 0 N–H and O–H groups in total. The van der Waals surface area contributed by atoms with Crippen LogP contribution in [-0.2, 0) is 28.6 Å². The van der Waals surface area contributed by atoms with E-state index >= 15 is 0 Å². The molecule has 2 rings (SSSR count). The summed E-state index contributed by atoms with van der Waals surface area (Å²) in [5, 5.41) is 0. The zero-order valence-electron chi connectivity index (χ0n) is 16.0. The van der Waals surface area contributed by atoms with Gasteiger partial charge in [-0.1, -0.05) is 6.08 Å². The van der Waals surface area contributed by atoms with Crippen molar-refractivity contribution < 1.29 is 28.6 Å². The molecule has 0 aromatic heterocycles. The highest BCUT2D eigenvalue weighted by molar-refractivity contribution is 5.95. The Labute approximate surface area is 154 Å². The fraction of sp³-hybridized carbons (Fsp3) is 0.632. The summed E-state index contributed by atoms with van der Waals surface area (Å²) in [6.07, 6.45) is 4.42. The van der Waals surface area contributed by atoms with Gasteiger partial charge in [-0.25, -0.2) is 14.4 Å². The Morgan fingerprint density at radius 1 is 1.00 bits per heavy atom. The van der Waals surface area contributed by atoms with Crippen LogP contribution in [0.25, 0.3) is 0 Å². The average molecular weight is 365 g/mol. The lowest BCUT2D eigenvalue weighted by Gasteiger charge is -2.36. The van der Waals surface area contributed by atoms with Gasteiger partial charge in [0.05, 0.1) is 13.2 Å². The molecule has 7 heteroatoms. The SMILES string of the molecule is C/C=C(/C)C(=O)O[C@@H]1CC2C[C@@H](OC(=O)/C=C(/C)C(=O)OC)CC1N2C. The Kier molecular flexibility index (Phi) is 6.58. The van der Waals surface area contributed by atoms with Crippen molar-refractivity contribution in [3.8, 4) is 0 Å². The van der Waals surface area contributed by atoms with Gasteiger partial charge in [0.25, 0.3) is 0 Å². The van der Waals surface area contributed by atoms with E-state index in [1.807, 2.05) is 7.05 Å². The van der Waals surface area contributed by atoms with Gasteiger partial charge in [0.15, 0.2) is 0 Å². The lowest BCUT2D eigenvalue weighted by atomic mass is 10.00. The number of hydrogen-bond acceptors (Lipinski definition) is 7. The highest BCUT2D eigenvalue weighted by Crippen LogP contribution is 2.37. The first-order valence-corrected chi connectivity index (χ1v) is 8.79. The minimum absolute atomic E-state index is 0.0193. The molecular formula is C19H27NO6. The summed E-state index contributed by atoms with van der Waals surface area (Å²) in [6.45, 7) is 5.03. The number of carbonyl (C=O) groups excluding carboxylic acids is 3. The molecule has 2 bridgehead atoms. The Hall–Kier alpha value is -2.15. The molecule has 2 unspecified atom stereocenters. The van der Waals surface area contributed by atoms with E-state index in [9.17, 15) is 14.4 Å². The van der Waals surface area contributed by atoms with Crippen molar-refractivity contribution in [2.45, 2.75) is 64.3 Å². The number of fused-ring (bicyclic) bond motifs is 2. The molecule has 2 saturated heterocycles. The molecule has 0 spiro atoms. The molecule has 0 aliphatic carbocycles. The first kappa shape index (κ1) is 20.2. The number of hydrogen-bond donors (Lipinski definition) is 0. The molecule has 2 heterocycles. The third-order valence-electron chi connectivity index (χ3n) is 5.21. The molecule has 0 aromatic carbocycles. The third kappa shape index (κ3) is 4.52. The summed E-state index contributed by atoms with van der Waals surface area (Å²) in [7, 11) is 3.27. The van der Waals surface area contributed by atoms with Crippen LogP contribution < -0.4 is 0 Å². The number of allylic oxidation sites excluding steroid dienone is 1. The van der Waals surface area contributed by atoms with Crippen LogP contribution in [0.4, 0.5) is 0 Å². The maximum atomic E-state index is 12.1. The number of ether oxygens (including phenoxy) is 3. The highest BCUT2D eigenvalue weighted by Gasteiger charge is 2.47. The van der Waals surface area contributed by atoms with Crippen LogP contribution >= 0.6 is 0 Å². The number of esters is 3. The number of likely N-dealkylation sites (N-methyl/N-ethyl adjacent to an activating group) is 1. The second kappa shape index (κ2) is 8.49. The van der Waals surface area contributed by atoms with Gasteiger partial charge in [0, 0.05) is 42.5 Å². The lowest BCUT2D eigenvalue weighted by Crippen LogP contribution is -2.46. The molecule has 4 atom stereocenters. The Balaban J connectivity index is 1.97. The van der Waals surface area contributed by atoms with E-state index in [0.29, 0.717) is 18.4 Å². The van der Waals surface area contributed by atoms with Crippen molar-refractivity contribution in [2.75, 3.05) is 14.2 Å². The number of rotatable bonds is 5. The summed E-state index contributed by atoms with van der Waals surface area (Å²) >= 11 is 0. The highest BCUT2D eigenvalue weighted by atomic mass is 16.6. The normalized spacial score (nSPS) is 29.3. The fourth-order valence-corrected chi connectivity index (χ4v) is 3.54. The van der Waals surface area contributed by atoms with Crippen molar-refractivity contribution in [3.63, 3.8) is 0 Å².